The molecule has 0 radical (unpaired) electrons. The standard InChI is InChI=1S/C15H11N5O/c16-9-4-5-13(17-6-9)12-7-18-14-10(12)2-1-3-11(14)15-20-19-8-21-15/h1-8,18H,16H2. The maximum atomic E-state index is 5.68. The fraction of sp³-hybridized carbons (Fsp3) is 0. The SMILES string of the molecule is Nc1ccc(-c2c[nH]c3c(-c4nnco4)cccc23)nc1. The second kappa shape index (κ2) is 4.45. The first kappa shape index (κ1) is 11.7. The van der Waals surface area contributed by atoms with Gasteiger partial charge in [0.15, 0.2) is 0 Å². The van der Waals surface area contributed by atoms with Crippen LogP contribution in [-0.4, -0.2) is 20.2 Å². The van der Waals surface area contributed by atoms with Crippen molar-refractivity contribution in [3.8, 4) is 22.7 Å². The summed E-state index contributed by atoms with van der Waals surface area (Å²) in [5, 5.41) is 8.73. The monoisotopic (exact) mass is 277 g/mol. The van der Waals surface area contributed by atoms with Gasteiger partial charge in [0.2, 0.25) is 12.3 Å². The van der Waals surface area contributed by atoms with E-state index < -0.39 is 0 Å². The van der Waals surface area contributed by atoms with Crippen LogP contribution in [0.2, 0.25) is 0 Å². The van der Waals surface area contributed by atoms with E-state index in [9.17, 15) is 0 Å². The molecule has 0 aliphatic heterocycles. The van der Waals surface area contributed by atoms with Crippen molar-refractivity contribution in [1.82, 2.24) is 20.2 Å². The number of hydrogen-bond acceptors (Lipinski definition) is 5. The number of pyridine rings is 1. The van der Waals surface area contributed by atoms with Crippen molar-refractivity contribution in [3.05, 3.63) is 49.1 Å². The number of rotatable bonds is 2. The number of nitrogens with two attached hydrogens (primary N) is 1. The lowest BCUT2D eigenvalue weighted by Crippen LogP contribution is -1.87. The lowest BCUT2D eigenvalue weighted by molar-refractivity contribution is 0.569. The number of nitrogens with zero attached hydrogens (tertiary/aromatic N) is 3. The van der Waals surface area contributed by atoms with Gasteiger partial charge in [-0.1, -0.05) is 12.1 Å². The van der Waals surface area contributed by atoms with Gasteiger partial charge in [0.05, 0.1) is 28.7 Å². The molecular formula is C15H11N5O. The van der Waals surface area contributed by atoms with E-state index in [1.54, 1.807) is 6.20 Å². The first-order valence-corrected chi connectivity index (χ1v) is 6.41. The highest BCUT2D eigenvalue weighted by Crippen LogP contribution is 2.33. The second-order valence-electron chi connectivity index (χ2n) is 4.65. The van der Waals surface area contributed by atoms with E-state index in [4.69, 9.17) is 10.2 Å². The molecule has 4 rings (SSSR count). The Kier molecular flexibility index (Phi) is 2.47. The van der Waals surface area contributed by atoms with Crippen LogP contribution in [0.5, 0.6) is 0 Å². The normalized spacial score (nSPS) is 11.0. The fourth-order valence-corrected chi connectivity index (χ4v) is 2.40. The van der Waals surface area contributed by atoms with Crippen LogP contribution in [0.4, 0.5) is 5.69 Å². The number of para-hydroxylation sites is 1. The molecule has 4 aromatic rings. The lowest BCUT2D eigenvalue weighted by atomic mass is 10.1. The zero-order chi connectivity index (χ0) is 14.2. The average Bonchev–Trinajstić information content (AvgIpc) is 3.17. The summed E-state index contributed by atoms with van der Waals surface area (Å²) in [5.74, 6) is 0.485. The Labute approximate surface area is 119 Å². The van der Waals surface area contributed by atoms with Crippen LogP contribution in [0.3, 0.4) is 0 Å². The Bertz CT molecular complexity index is 894. The van der Waals surface area contributed by atoms with E-state index in [1.807, 2.05) is 36.5 Å². The molecule has 102 valence electrons. The van der Waals surface area contributed by atoms with Crippen LogP contribution >= 0.6 is 0 Å². The maximum absolute atomic E-state index is 5.68. The summed E-state index contributed by atoms with van der Waals surface area (Å²) in [7, 11) is 0. The number of aromatic amines is 1. The third-order valence-electron chi connectivity index (χ3n) is 3.37. The van der Waals surface area contributed by atoms with Crippen LogP contribution < -0.4 is 5.73 Å². The van der Waals surface area contributed by atoms with Gasteiger partial charge in [-0.2, -0.15) is 0 Å². The van der Waals surface area contributed by atoms with E-state index in [-0.39, 0.29) is 0 Å². The van der Waals surface area contributed by atoms with Gasteiger partial charge in [-0.3, -0.25) is 4.98 Å². The van der Waals surface area contributed by atoms with Gasteiger partial charge in [0.25, 0.3) is 0 Å². The highest BCUT2D eigenvalue weighted by atomic mass is 16.4. The topological polar surface area (TPSA) is 93.6 Å². The molecule has 6 heteroatoms. The first-order valence-electron chi connectivity index (χ1n) is 6.41. The van der Waals surface area contributed by atoms with E-state index in [1.165, 1.54) is 6.39 Å². The Morgan fingerprint density at radius 3 is 2.81 bits per heavy atom. The van der Waals surface area contributed by atoms with Crippen LogP contribution in [0, 0.1) is 0 Å². The van der Waals surface area contributed by atoms with E-state index in [0.29, 0.717) is 11.6 Å². The van der Waals surface area contributed by atoms with Crippen molar-refractivity contribution < 1.29 is 4.42 Å². The molecule has 6 nitrogen and oxygen atoms in total. The molecule has 21 heavy (non-hydrogen) atoms. The van der Waals surface area contributed by atoms with Crippen molar-refractivity contribution in [2.45, 2.75) is 0 Å². The highest BCUT2D eigenvalue weighted by molar-refractivity contribution is 6.01. The van der Waals surface area contributed by atoms with Crippen LogP contribution in [0.1, 0.15) is 0 Å². The summed E-state index contributed by atoms with van der Waals surface area (Å²) in [5.41, 5.74) is 10.00. The molecule has 3 aromatic heterocycles. The van der Waals surface area contributed by atoms with Crippen molar-refractivity contribution >= 4 is 16.6 Å². The number of nitrogens with one attached hydrogen (secondary N) is 1. The second-order valence-corrected chi connectivity index (χ2v) is 4.65. The summed E-state index contributed by atoms with van der Waals surface area (Å²) in [4.78, 5) is 7.63. The van der Waals surface area contributed by atoms with Gasteiger partial charge in [-0.25, -0.2) is 0 Å². The minimum atomic E-state index is 0.485. The van der Waals surface area contributed by atoms with Crippen molar-refractivity contribution in [2.24, 2.45) is 0 Å². The summed E-state index contributed by atoms with van der Waals surface area (Å²) in [6.45, 7) is 0. The van der Waals surface area contributed by atoms with E-state index >= 15 is 0 Å². The third kappa shape index (κ3) is 1.85. The minimum absolute atomic E-state index is 0.485. The van der Waals surface area contributed by atoms with Crippen molar-refractivity contribution in [1.29, 1.82) is 0 Å². The zero-order valence-electron chi connectivity index (χ0n) is 10.9. The lowest BCUT2D eigenvalue weighted by Gasteiger charge is -2.01. The molecule has 0 saturated heterocycles. The number of benzene rings is 1. The van der Waals surface area contributed by atoms with Gasteiger partial charge in [0.1, 0.15) is 0 Å². The molecule has 3 heterocycles. The Balaban J connectivity index is 1.93. The number of nitrogen functional groups attached to an aromatic ring is 1. The largest absolute Gasteiger partial charge is 0.423 e. The number of anilines is 1. The third-order valence-corrected chi connectivity index (χ3v) is 3.37. The maximum Gasteiger partial charge on any atom is 0.249 e. The summed E-state index contributed by atoms with van der Waals surface area (Å²) in [6.07, 6.45) is 4.89. The Morgan fingerprint density at radius 1 is 1.10 bits per heavy atom. The predicted octanol–water partition coefficient (Wildman–Crippen LogP) is 2.86. The van der Waals surface area contributed by atoms with Gasteiger partial charge in [-0.15, -0.1) is 10.2 Å². The van der Waals surface area contributed by atoms with E-state index in [0.717, 1.165) is 27.7 Å². The van der Waals surface area contributed by atoms with E-state index in [2.05, 4.69) is 20.2 Å². The molecule has 0 fully saturated rings. The fourth-order valence-electron chi connectivity index (χ4n) is 2.40. The molecule has 0 spiro atoms. The molecule has 3 N–H and O–H groups in total. The molecule has 0 aliphatic rings. The number of hydrogen-bond donors (Lipinski definition) is 2. The molecule has 0 unspecified atom stereocenters. The molecule has 0 amide bonds. The molecule has 0 saturated carbocycles. The van der Waals surface area contributed by atoms with Crippen molar-refractivity contribution in [3.63, 3.8) is 0 Å². The van der Waals surface area contributed by atoms with Crippen LogP contribution in [0.15, 0.2) is 53.5 Å². The Hall–Kier alpha value is -3.15. The molecule has 0 bridgehead atoms. The van der Waals surface area contributed by atoms with Crippen LogP contribution in [-0.2, 0) is 0 Å². The predicted molar refractivity (Wildman–Crippen MR) is 79.2 cm³/mol. The summed E-state index contributed by atoms with van der Waals surface area (Å²) in [6, 6.07) is 9.66. The zero-order valence-corrected chi connectivity index (χ0v) is 10.9. The van der Waals surface area contributed by atoms with Gasteiger partial charge in [-0.05, 0) is 18.2 Å². The van der Waals surface area contributed by atoms with Gasteiger partial charge < -0.3 is 15.1 Å². The first-order chi connectivity index (χ1) is 10.3. The molecule has 0 aliphatic carbocycles. The average molecular weight is 277 g/mol. The van der Waals surface area contributed by atoms with Gasteiger partial charge in [0, 0.05) is 17.1 Å². The number of fused-ring (bicyclic) bond motifs is 1. The molecule has 0 atom stereocenters. The number of aromatic nitrogens is 4. The highest BCUT2D eigenvalue weighted by Gasteiger charge is 2.13. The van der Waals surface area contributed by atoms with Gasteiger partial charge >= 0.3 is 0 Å². The number of H-pyrrole nitrogens is 1. The summed E-state index contributed by atoms with van der Waals surface area (Å²) < 4.78 is 5.28. The van der Waals surface area contributed by atoms with Crippen LogP contribution in [0.25, 0.3) is 33.6 Å². The molecule has 1 aromatic carbocycles. The smallest absolute Gasteiger partial charge is 0.249 e. The Morgan fingerprint density at radius 2 is 2.05 bits per heavy atom. The summed E-state index contributed by atoms with van der Waals surface area (Å²) >= 11 is 0. The minimum Gasteiger partial charge on any atom is -0.423 e. The van der Waals surface area contributed by atoms with Crippen molar-refractivity contribution in [2.75, 3.05) is 5.73 Å². The molecular weight excluding hydrogens is 266 g/mol. The quantitative estimate of drug-likeness (QED) is 0.587.